The van der Waals surface area contributed by atoms with Crippen LogP contribution in [0.1, 0.15) is 43.0 Å². The van der Waals surface area contributed by atoms with Gasteiger partial charge in [0.2, 0.25) is 5.91 Å². The van der Waals surface area contributed by atoms with Crippen LogP contribution in [0.2, 0.25) is 0 Å². The van der Waals surface area contributed by atoms with Gasteiger partial charge in [0.25, 0.3) is 5.91 Å². The van der Waals surface area contributed by atoms with Crippen molar-refractivity contribution < 1.29 is 14.0 Å². The lowest BCUT2D eigenvalue weighted by Gasteiger charge is -2.32. The highest BCUT2D eigenvalue weighted by molar-refractivity contribution is 5.94. The number of hydrogen-bond donors (Lipinski definition) is 1. The van der Waals surface area contributed by atoms with Gasteiger partial charge in [-0.1, -0.05) is 6.92 Å². The molecule has 0 saturated carbocycles. The summed E-state index contributed by atoms with van der Waals surface area (Å²) < 4.78 is 13.0. The molecule has 142 valence electrons. The molecule has 26 heavy (non-hydrogen) atoms. The molecule has 2 aliphatic rings. The van der Waals surface area contributed by atoms with E-state index in [0.29, 0.717) is 37.5 Å². The van der Waals surface area contributed by atoms with Gasteiger partial charge in [0.15, 0.2) is 0 Å². The molecule has 0 bridgehead atoms. The molecule has 0 spiro atoms. The molecule has 1 aromatic rings. The van der Waals surface area contributed by atoms with Gasteiger partial charge in [0, 0.05) is 37.2 Å². The maximum Gasteiger partial charge on any atom is 0.253 e. The van der Waals surface area contributed by atoms with E-state index in [4.69, 9.17) is 0 Å². The number of nitrogens with one attached hydrogen (secondary N) is 1. The fourth-order valence-electron chi connectivity index (χ4n) is 4.03. The van der Waals surface area contributed by atoms with Crippen LogP contribution < -0.4 is 5.32 Å². The van der Waals surface area contributed by atoms with Crippen LogP contribution >= 0.6 is 0 Å². The maximum absolute atomic E-state index is 13.0. The lowest BCUT2D eigenvalue weighted by Crippen LogP contribution is -2.46. The number of amides is 2. The highest BCUT2D eigenvalue weighted by Gasteiger charge is 2.29. The Labute approximate surface area is 154 Å². The first-order valence-corrected chi connectivity index (χ1v) is 9.65. The first kappa shape index (κ1) is 18.8. The Kier molecular flexibility index (Phi) is 6.25. The molecule has 6 heteroatoms. The lowest BCUT2D eigenvalue weighted by molar-refractivity contribution is -0.126. The first-order chi connectivity index (χ1) is 12.6. The Bertz CT molecular complexity index is 626. The molecule has 1 unspecified atom stereocenters. The number of halogens is 1. The third-order valence-electron chi connectivity index (χ3n) is 5.66. The highest BCUT2D eigenvalue weighted by Crippen LogP contribution is 2.20. The van der Waals surface area contributed by atoms with Gasteiger partial charge in [-0.3, -0.25) is 14.5 Å². The van der Waals surface area contributed by atoms with Crippen LogP contribution in [0.15, 0.2) is 24.3 Å². The zero-order chi connectivity index (χ0) is 18.5. The Morgan fingerprint density at radius 2 is 1.81 bits per heavy atom. The fourth-order valence-corrected chi connectivity index (χ4v) is 4.03. The molecule has 2 amide bonds. The number of hydrogen-bond acceptors (Lipinski definition) is 3. The summed E-state index contributed by atoms with van der Waals surface area (Å²) in [6.07, 6.45) is 3.72. The second-order valence-electron chi connectivity index (χ2n) is 7.24. The molecule has 0 radical (unpaired) electrons. The van der Waals surface area contributed by atoms with Crippen molar-refractivity contribution in [1.82, 2.24) is 15.1 Å². The van der Waals surface area contributed by atoms with E-state index in [1.54, 1.807) is 4.90 Å². The number of carbonyl (C=O) groups excluding carboxylic acids is 2. The van der Waals surface area contributed by atoms with Crippen molar-refractivity contribution in [3.8, 4) is 0 Å². The number of nitrogens with zero attached hydrogens (tertiary/aromatic N) is 2. The van der Waals surface area contributed by atoms with Crippen LogP contribution in [-0.4, -0.2) is 60.4 Å². The predicted molar refractivity (Wildman–Crippen MR) is 98.3 cm³/mol. The minimum absolute atomic E-state index is 0.0243. The number of benzene rings is 1. The number of carbonyl (C=O) groups is 2. The molecular weight excluding hydrogens is 333 g/mol. The predicted octanol–water partition coefficient (Wildman–Crippen LogP) is 2.28. The van der Waals surface area contributed by atoms with E-state index in [1.165, 1.54) is 30.7 Å². The topological polar surface area (TPSA) is 52.7 Å². The molecule has 0 aliphatic carbocycles. The Balaban J connectivity index is 1.45. The van der Waals surface area contributed by atoms with Crippen molar-refractivity contribution in [3.05, 3.63) is 35.6 Å². The van der Waals surface area contributed by atoms with Crippen LogP contribution in [-0.2, 0) is 4.79 Å². The minimum atomic E-state index is -0.346. The summed E-state index contributed by atoms with van der Waals surface area (Å²) in [5.41, 5.74) is 0.496. The molecule has 5 nitrogen and oxygen atoms in total. The molecule has 2 fully saturated rings. The smallest absolute Gasteiger partial charge is 0.253 e. The summed E-state index contributed by atoms with van der Waals surface area (Å²) in [6, 6.07) is 6.09. The fraction of sp³-hybridized carbons (Fsp3) is 0.600. The van der Waals surface area contributed by atoms with E-state index >= 15 is 0 Å². The first-order valence-electron chi connectivity index (χ1n) is 9.65. The Morgan fingerprint density at radius 3 is 2.46 bits per heavy atom. The standard InChI is InChI=1S/C20H28FN3O2/c1-2-23-11-3-4-18(23)14-22-19(25)15-9-12-24(13-10-15)20(26)16-5-7-17(21)8-6-16/h5-8,15,18H,2-4,9-14H2,1H3,(H,22,25). The maximum atomic E-state index is 13.0. The van der Waals surface area contributed by atoms with E-state index in [9.17, 15) is 14.0 Å². The summed E-state index contributed by atoms with van der Waals surface area (Å²) in [7, 11) is 0. The molecule has 2 heterocycles. The quantitative estimate of drug-likeness (QED) is 0.875. The molecule has 2 aliphatic heterocycles. The summed E-state index contributed by atoms with van der Waals surface area (Å²) in [4.78, 5) is 29.1. The molecule has 1 N–H and O–H groups in total. The second kappa shape index (κ2) is 8.62. The van der Waals surface area contributed by atoms with Gasteiger partial charge in [0.1, 0.15) is 5.82 Å². The number of likely N-dealkylation sites (tertiary alicyclic amines) is 2. The van der Waals surface area contributed by atoms with Crippen LogP contribution in [0.5, 0.6) is 0 Å². The van der Waals surface area contributed by atoms with Crippen molar-refractivity contribution in [1.29, 1.82) is 0 Å². The minimum Gasteiger partial charge on any atom is -0.354 e. The largest absolute Gasteiger partial charge is 0.354 e. The monoisotopic (exact) mass is 361 g/mol. The van der Waals surface area contributed by atoms with Gasteiger partial charge < -0.3 is 10.2 Å². The van der Waals surface area contributed by atoms with Crippen LogP contribution in [0.25, 0.3) is 0 Å². The summed E-state index contributed by atoms with van der Waals surface area (Å²) in [5.74, 6) is -0.347. The molecule has 1 atom stereocenters. The van der Waals surface area contributed by atoms with Gasteiger partial charge in [-0.15, -0.1) is 0 Å². The summed E-state index contributed by atoms with van der Waals surface area (Å²) in [5, 5.41) is 3.11. The average Bonchev–Trinajstić information content (AvgIpc) is 3.14. The normalized spacial score (nSPS) is 21.8. The van der Waals surface area contributed by atoms with Crippen molar-refractivity contribution in [3.63, 3.8) is 0 Å². The van der Waals surface area contributed by atoms with E-state index in [1.807, 2.05) is 0 Å². The third kappa shape index (κ3) is 4.41. The van der Waals surface area contributed by atoms with E-state index < -0.39 is 0 Å². The SMILES string of the molecule is CCN1CCCC1CNC(=O)C1CCN(C(=O)c2ccc(F)cc2)CC1. The number of piperidine rings is 1. The van der Waals surface area contributed by atoms with E-state index in [-0.39, 0.29) is 23.5 Å². The van der Waals surface area contributed by atoms with Gasteiger partial charge in [-0.05, 0) is 63.0 Å². The molecule has 1 aromatic carbocycles. The van der Waals surface area contributed by atoms with Crippen LogP contribution in [0, 0.1) is 11.7 Å². The van der Waals surface area contributed by atoms with Gasteiger partial charge >= 0.3 is 0 Å². The molecule has 2 saturated heterocycles. The second-order valence-corrected chi connectivity index (χ2v) is 7.24. The summed E-state index contributed by atoms with van der Waals surface area (Å²) in [6.45, 7) is 6.18. The van der Waals surface area contributed by atoms with Gasteiger partial charge in [-0.25, -0.2) is 4.39 Å². The van der Waals surface area contributed by atoms with Crippen LogP contribution in [0.4, 0.5) is 4.39 Å². The van der Waals surface area contributed by atoms with Crippen molar-refractivity contribution in [2.75, 3.05) is 32.7 Å². The molecular formula is C20H28FN3O2. The van der Waals surface area contributed by atoms with E-state index in [2.05, 4.69) is 17.1 Å². The van der Waals surface area contributed by atoms with Crippen molar-refractivity contribution in [2.24, 2.45) is 5.92 Å². The number of rotatable bonds is 5. The van der Waals surface area contributed by atoms with Crippen molar-refractivity contribution in [2.45, 2.75) is 38.6 Å². The average molecular weight is 361 g/mol. The lowest BCUT2D eigenvalue weighted by atomic mass is 9.95. The van der Waals surface area contributed by atoms with E-state index in [0.717, 1.165) is 26.1 Å². The van der Waals surface area contributed by atoms with Gasteiger partial charge in [0.05, 0.1) is 0 Å². The number of likely N-dealkylation sites (N-methyl/N-ethyl adjacent to an activating group) is 1. The molecule has 0 aromatic heterocycles. The zero-order valence-electron chi connectivity index (χ0n) is 15.4. The van der Waals surface area contributed by atoms with Crippen molar-refractivity contribution >= 4 is 11.8 Å². The summed E-state index contributed by atoms with van der Waals surface area (Å²) >= 11 is 0. The Morgan fingerprint density at radius 1 is 1.12 bits per heavy atom. The van der Waals surface area contributed by atoms with Crippen LogP contribution in [0.3, 0.4) is 0 Å². The molecule has 3 rings (SSSR count). The Hall–Kier alpha value is -1.95. The zero-order valence-corrected chi connectivity index (χ0v) is 15.4. The highest BCUT2D eigenvalue weighted by atomic mass is 19.1. The van der Waals surface area contributed by atoms with Gasteiger partial charge in [-0.2, -0.15) is 0 Å². The third-order valence-corrected chi connectivity index (χ3v) is 5.66.